The SMILES string of the molecule is CCNCc1c(C)nn(C)c1N1CC(O)C(O)C1. The van der Waals surface area contributed by atoms with E-state index in [-0.39, 0.29) is 0 Å². The Morgan fingerprint density at radius 1 is 1.33 bits per heavy atom. The van der Waals surface area contributed by atoms with E-state index >= 15 is 0 Å². The van der Waals surface area contributed by atoms with Crippen molar-refractivity contribution >= 4 is 5.82 Å². The number of aliphatic hydroxyl groups excluding tert-OH is 2. The van der Waals surface area contributed by atoms with E-state index < -0.39 is 12.2 Å². The topological polar surface area (TPSA) is 73.6 Å². The Kier molecular flexibility index (Phi) is 3.89. The first-order valence-electron chi connectivity index (χ1n) is 6.38. The van der Waals surface area contributed by atoms with E-state index in [1.54, 1.807) is 0 Å². The van der Waals surface area contributed by atoms with Gasteiger partial charge < -0.3 is 20.4 Å². The second-order valence-corrected chi connectivity index (χ2v) is 4.83. The second-order valence-electron chi connectivity index (χ2n) is 4.83. The summed E-state index contributed by atoms with van der Waals surface area (Å²) in [6.45, 7) is 6.62. The molecule has 2 heterocycles. The fraction of sp³-hybridized carbons (Fsp3) is 0.750. The molecule has 1 aromatic heterocycles. The summed E-state index contributed by atoms with van der Waals surface area (Å²) >= 11 is 0. The zero-order valence-electron chi connectivity index (χ0n) is 11.2. The molecule has 0 saturated carbocycles. The molecule has 18 heavy (non-hydrogen) atoms. The number of aromatic nitrogens is 2. The Morgan fingerprint density at radius 3 is 2.50 bits per heavy atom. The van der Waals surface area contributed by atoms with Crippen LogP contribution in [0.15, 0.2) is 0 Å². The third-order valence-corrected chi connectivity index (χ3v) is 3.42. The highest BCUT2D eigenvalue weighted by atomic mass is 16.3. The van der Waals surface area contributed by atoms with Crippen molar-refractivity contribution in [1.82, 2.24) is 15.1 Å². The van der Waals surface area contributed by atoms with E-state index in [0.29, 0.717) is 13.1 Å². The van der Waals surface area contributed by atoms with Crippen molar-refractivity contribution in [3.8, 4) is 0 Å². The average molecular weight is 254 g/mol. The number of aliphatic hydroxyl groups is 2. The molecule has 1 fully saturated rings. The normalized spacial score (nSPS) is 23.9. The molecule has 0 spiro atoms. The summed E-state index contributed by atoms with van der Waals surface area (Å²) in [5.74, 6) is 0.990. The maximum atomic E-state index is 9.66. The molecule has 1 saturated heterocycles. The van der Waals surface area contributed by atoms with Crippen LogP contribution < -0.4 is 10.2 Å². The molecule has 2 atom stereocenters. The quantitative estimate of drug-likeness (QED) is 0.668. The lowest BCUT2D eigenvalue weighted by Crippen LogP contribution is -2.26. The van der Waals surface area contributed by atoms with Crippen LogP contribution >= 0.6 is 0 Å². The van der Waals surface area contributed by atoms with Crippen LogP contribution in [0.3, 0.4) is 0 Å². The van der Waals surface area contributed by atoms with E-state index in [1.165, 1.54) is 0 Å². The van der Waals surface area contributed by atoms with Gasteiger partial charge in [0.05, 0.1) is 17.9 Å². The van der Waals surface area contributed by atoms with Gasteiger partial charge in [0, 0.05) is 32.2 Å². The summed E-state index contributed by atoms with van der Waals surface area (Å²) in [7, 11) is 1.90. The number of nitrogens with one attached hydrogen (secondary N) is 1. The van der Waals surface area contributed by atoms with Crippen LogP contribution in [0.5, 0.6) is 0 Å². The summed E-state index contributed by atoms with van der Waals surface area (Å²) in [4.78, 5) is 2.00. The molecule has 0 aromatic carbocycles. The Balaban J connectivity index is 2.26. The van der Waals surface area contributed by atoms with Crippen LogP contribution in [-0.2, 0) is 13.6 Å². The minimum absolute atomic E-state index is 0.458. The first-order chi connectivity index (χ1) is 8.54. The number of rotatable bonds is 4. The summed E-state index contributed by atoms with van der Waals surface area (Å²) < 4.78 is 1.83. The van der Waals surface area contributed by atoms with Gasteiger partial charge in [0.25, 0.3) is 0 Å². The molecule has 0 amide bonds. The van der Waals surface area contributed by atoms with Crippen molar-refractivity contribution in [2.45, 2.75) is 32.6 Å². The molecule has 0 radical (unpaired) electrons. The molecule has 1 aliphatic rings. The highest BCUT2D eigenvalue weighted by Gasteiger charge is 2.32. The molecular formula is C12H22N4O2. The van der Waals surface area contributed by atoms with E-state index in [4.69, 9.17) is 0 Å². The van der Waals surface area contributed by atoms with Crippen LogP contribution in [0.25, 0.3) is 0 Å². The molecule has 102 valence electrons. The van der Waals surface area contributed by atoms with E-state index in [9.17, 15) is 10.2 Å². The van der Waals surface area contributed by atoms with Gasteiger partial charge in [-0.3, -0.25) is 4.68 Å². The third-order valence-electron chi connectivity index (χ3n) is 3.42. The van der Waals surface area contributed by atoms with Gasteiger partial charge in [-0.15, -0.1) is 0 Å². The van der Waals surface area contributed by atoms with Crippen molar-refractivity contribution in [3.63, 3.8) is 0 Å². The van der Waals surface area contributed by atoms with Gasteiger partial charge >= 0.3 is 0 Å². The van der Waals surface area contributed by atoms with Crippen molar-refractivity contribution in [2.75, 3.05) is 24.5 Å². The summed E-state index contributed by atoms with van der Waals surface area (Å²) in [6, 6.07) is 0. The number of hydrogen-bond donors (Lipinski definition) is 3. The van der Waals surface area contributed by atoms with E-state index in [1.807, 2.05) is 23.6 Å². The maximum Gasteiger partial charge on any atom is 0.131 e. The zero-order valence-corrected chi connectivity index (χ0v) is 11.2. The van der Waals surface area contributed by atoms with Crippen molar-refractivity contribution < 1.29 is 10.2 Å². The summed E-state index contributed by atoms with van der Waals surface area (Å²) in [5.41, 5.74) is 2.13. The number of anilines is 1. The van der Waals surface area contributed by atoms with Gasteiger partial charge in [-0.2, -0.15) is 5.10 Å². The predicted molar refractivity (Wildman–Crippen MR) is 69.6 cm³/mol. The van der Waals surface area contributed by atoms with Gasteiger partial charge in [-0.1, -0.05) is 6.92 Å². The summed E-state index contributed by atoms with van der Waals surface area (Å²) in [5, 5.41) is 27.0. The van der Waals surface area contributed by atoms with Gasteiger partial charge in [0.15, 0.2) is 0 Å². The molecule has 6 heteroatoms. The minimum atomic E-state index is -0.674. The highest BCUT2D eigenvalue weighted by Crippen LogP contribution is 2.26. The van der Waals surface area contributed by atoms with Crippen LogP contribution in [0, 0.1) is 6.92 Å². The van der Waals surface area contributed by atoms with Crippen LogP contribution in [0.4, 0.5) is 5.82 Å². The van der Waals surface area contributed by atoms with Gasteiger partial charge in [0.1, 0.15) is 5.82 Å². The fourth-order valence-corrected chi connectivity index (χ4v) is 2.48. The molecule has 3 N–H and O–H groups in total. The molecule has 1 aliphatic heterocycles. The Morgan fingerprint density at radius 2 is 1.94 bits per heavy atom. The van der Waals surface area contributed by atoms with Crippen molar-refractivity contribution in [3.05, 3.63) is 11.3 Å². The first kappa shape index (κ1) is 13.3. The monoisotopic (exact) mass is 254 g/mol. The number of aryl methyl sites for hydroxylation is 2. The molecule has 6 nitrogen and oxygen atoms in total. The van der Waals surface area contributed by atoms with Gasteiger partial charge in [-0.25, -0.2) is 0 Å². The lowest BCUT2D eigenvalue weighted by molar-refractivity contribution is 0.0572. The number of hydrogen-bond acceptors (Lipinski definition) is 5. The lowest BCUT2D eigenvalue weighted by atomic mass is 10.2. The highest BCUT2D eigenvalue weighted by molar-refractivity contribution is 5.51. The molecule has 2 unspecified atom stereocenters. The fourth-order valence-electron chi connectivity index (χ4n) is 2.48. The number of nitrogens with zero attached hydrogens (tertiary/aromatic N) is 3. The van der Waals surface area contributed by atoms with Crippen LogP contribution in [-0.4, -0.2) is 51.8 Å². The smallest absolute Gasteiger partial charge is 0.131 e. The Hall–Kier alpha value is -1.11. The molecule has 2 rings (SSSR count). The minimum Gasteiger partial charge on any atom is -0.389 e. The van der Waals surface area contributed by atoms with Crippen molar-refractivity contribution in [2.24, 2.45) is 7.05 Å². The Labute approximate surface area is 107 Å². The largest absolute Gasteiger partial charge is 0.389 e. The van der Waals surface area contributed by atoms with Crippen LogP contribution in [0.1, 0.15) is 18.2 Å². The van der Waals surface area contributed by atoms with Crippen LogP contribution in [0.2, 0.25) is 0 Å². The second kappa shape index (κ2) is 5.26. The Bertz CT molecular complexity index is 408. The first-order valence-corrected chi connectivity index (χ1v) is 6.38. The van der Waals surface area contributed by atoms with E-state index in [0.717, 1.165) is 30.2 Å². The lowest BCUT2D eigenvalue weighted by Gasteiger charge is -2.20. The van der Waals surface area contributed by atoms with Gasteiger partial charge in [-0.05, 0) is 13.5 Å². The maximum absolute atomic E-state index is 9.66. The van der Waals surface area contributed by atoms with Crippen molar-refractivity contribution in [1.29, 1.82) is 0 Å². The molecule has 0 aliphatic carbocycles. The average Bonchev–Trinajstić information content (AvgIpc) is 2.77. The number of β-amino-alcohol motifs (C(OH)–C–C–N with tert-alkyl or cyclic N) is 2. The van der Waals surface area contributed by atoms with Gasteiger partial charge in [0.2, 0.25) is 0 Å². The summed E-state index contributed by atoms with van der Waals surface area (Å²) in [6.07, 6.45) is -1.35. The zero-order chi connectivity index (χ0) is 13.3. The predicted octanol–water partition coefficient (Wildman–Crippen LogP) is -0.620. The third kappa shape index (κ3) is 2.36. The standard InChI is InChI=1S/C12H22N4O2/c1-4-13-5-9-8(2)14-15(3)12(9)16-6-10(17)11(18)7-16/h10-11,13,17-18H,4-7H2,1-3H3. The molecule has 1 aromatic rings. The molecular weight excluding hydrogens is 232 g/mol. The molecule has 0 bridgehead atoms. The van der Waals surface area contributed by atoms with E-state index in [2.05, 4.69) is 17.3 Å².